The third kappa shape index (κ3) is 2.08. The molecule has 1 aliphatic heterocycles. The Bertz CT molecular complexity index is 580. The van der Waals surface area contributed by atoms with Crippen LogP contribution in [0.25, 0.3) is 0 Å². The van der Waals surface area contributed by atoms with Crippen molar-refractivity contribution in [3.8, 4) is 6.07 Å². The van der Waals surface area contributed by atoms with Crippen molar-refractivity contribution in [1.29, 1.82) is 5.26 Å². The number of hydrogen-bond acceptors (Lipinski definition) is 5. The molecule has 2 atom stereocenters. The minimum Gasteiger partial charge on any atom is -0.371 e. The monoisotopic (exact) mass is 275 g/mol. The standard InChI is InChI=1S/C13H17N5O2/c1-8-11(19)18(12(20)17(8)4)10-5-9(15-7-16-10)13(2,3)6-14/h5,7-8,11,19H,1-4H3. The predicted molar refractivity (Wildman–Crippen MR) is 71.8 cm³/mol. The van der Waals surface area contributed by atoms with E-state index in [1.54, 1.807) is 33.9 Å². The molecule has 1 fully saturated rings. The van der Waals surface area contributed by atoms with E-state index in [1.165, 1.54) is 16.1 Å². The summed E-state index contributed by atoms with van der Waals surface area (Å²) in [5.74, 6) is 0.298. The van der Waals surface area contributed by atoms with Gasteiger partial charge in [0.15, 0.2) is 6.23 Å². The topological polar surface area (TPSA) is 93.3 Å². The van der Waals surface area contributed by atoms with E-state index in [0.29, 0.717) is 11.5 Å². The Balaban J connectivity index is 2.43. The van der Waals surface area contributed by atoms with Crippen molar-refractivity contribution in [3.63, 3.8) is 0 Å². The number of aliphatic hydroxyl groups is 1. The Labute approximate surface area is 117 Å². The van der Waals surface area contributed by atoms with Gasteiger partial charge in [-0.1, -0.05) is 0 Å². The molecule has 2 rings (SSSR count). The number of likely N-dealkylation sites (N-methyl/N-ethyl adjacent to an activating group) is 1. The van der Waals surface area contributed by atoms with E-state index in [2.05, 4.69) is 16.0 Å². The zero-order chi connectivity index (χ0) is 15.1. The first-order chi connectivity index (χ1) is 9.29. The lowest BCUT2D eigenvalue weighted by Gasteiger charge is -2.21. The van der Waals surface area contributed by atoms with Crippen LogP contribution >= 0.6 is 0 Å². The zero-order valence-corrected chi connectivity index (χ0v) is 11.9. The summed E-state index contributed by atoms with van der Waals surface area (Å²) in [6.45, 7) is 5.22. The summed E-state index contributed by atoms with van der Waals surface area (Å²) < 4.78 is 0. The number of hydrogen-bond donors (Lipinski definition) is 1. The number of urea groups is 1. The van der Waals surface area contributed by atoms with E-state index < -0.39 is 11.6 Å². The number of nitriles is 1. The quantitative estimate of drug-likeness (QED) is 0.863. The van der Waals surface area contributed by atoms with Gasteiger partial charge in [-0.25, -0.2) is 19.7 Å². The highest BCUT2D eigenvalue weighted by Crippen LogP contribution is 2.28. The van der Waals surface area contributed by atoms with Crippen LogP contribution in [0.4, 0.5) is 10.6 Å². The lowest BCUT2D eigenvalue weighted by atomic mass is 9.91. The number of aliphatic hydroxyl groups excluding tert-OH is 1. The summed E-state index contributed by atoms with van der Waals surface area (Å²) in [4.78, 5) is 22.9. The molecule has 1 aromatic heterocycles. The molecule has 106 valence electrons. The number of nitrogens with zero attached hydrogens (tertiary/aromatic N) is 5. The summed E-state index contributed by atoms with van der Waals surface area (Å²) >= 11 is 0. The smallest absolute Gasteiger partial charge is 0.328 e. The van der Waals surface area contributed by atoms with Crippen molar-refractivity contribution < 1.29 is 9.90 Å². The average molecular weight is 275 g/mol. The van der Waals surface area contributed by atoms with Gasteiger partial charge in [-0.3, -0.25) is 0 Å². The van der Waals surface area contributed by atoms with E-state index in [0.717, 1.165) is 0 Å². The molecule has 1 N–H and O–H groups in total. The summed E-state index contributed by atoms with van der Waals surface area (Å²) in [6.07, 6.45) is 0.327. The number of amides is 2. The van der Waals surface area contributed by atoms with E-state index >= 15 is 0 Å². The molecule has 20 heavy (non-hydrogen) atoms. The molecule has 0 saturated carbocycles. The fraction of sp³-hybridized carbons (Fsp3) is 0.538. The second kappa shape index (κ2) is 4.72. The van der Waals surface area contributed by atoms with Crippen LogP contribution in [0, 0.1) is 11.3 Å². The van der Waals surface area contributed by atoms with Crippen molar-refractivity contribution in [2.45, 2.75) is 38.5 Å². The molecule has 2 amide bonds. The maximum atomic E-state index is 12.1. The van der Waals surface area contributed by atoms with Gasteiger partial charge in [0.25, 0.3) is 0 Å². The largest absolute Gasteiger partial charge is 0.371 e. The van der Waals surface area contributed by atoms with E-state index in [-0.39, 0.29) is 12.1 Å². The normalized spacial score (nSPS) is 23.1. The van der Waals surface area contributed by atoms with Crippen LogP contribution in [0.2, 0.25) is 0 Å². The van der Waals surface area contributed by atoms with Crippen molar-refractivity contribution >= 4 is 11.8 Å². The van der Waals surface area contributed by atoms with Crippen molar-refractivity contribution in [2.75, 3.05) is 11.9 Å². The molecule has 0 radical (unpaired) electrons. The molecule has 2 unspecified atom stereocenters. The average Bonchev–Trinajstić information content (AvgIpc) is 2.63. The Kier molecular flexibility index (Phi) is 3.36. The van der Waals surface area contributed by atoms with Gasteiger partial charge in [0, 0.05) is 13.1 Å². The fourth-order valence-corrected chi connectivity index (χ4v) is 1.98. The van der Waals surface area contributed by atoms with Gasteiger partial charge < -0.3 is 10.0 Å². The molecular weight excluding hydrogens is 258 g/mol. The summed E-state index contributed by atoms with van der Waals surface area (Å²) in [5.41, 5.74) is -0.282. The second-order valence-electron chi connectivity index (χ2n) is 5.42. The molecule has 0 spiro atoms. The van der Waals surface area contributed by atoms with Crippen molar-refractivity contribution in [2.24, 2.45) is 0 Å². The van der Waals surface area contributed by atoms with E-state index in [1.807, 2.05) is 0 Å². The number of aromatic nitrogens is 2. The molecule has 7 nitrogen and oxygen atoms in total. The van der Waals surface area contributed by atoms with Gasteiger partial charge in [0.2, 0.25) is 0 Å². The van der Waals surface area contributed by atoms with Crippen LogP contribution in [0.1, 0.15) is 26.5 Å². The second-order valence-corrected chi connectivity index (χ2v) is 5.42. The molecular formula is C13H17N5O2. The van der Waals surface area contributed by atoms with Gasteiger partial charge in [0.1, 0.15) is 12.1 Å². The molecule has 0 aromatic carbocycles. The lowest BCUT2D eigenvalue weighted by molar-refractivity contribution is 0.138. The Morgan fingerprint density at radius 2 is 2.10 bits per heavy atom. The summed E-state index contributed by atoms with van der Waals surface area (Å²) in [6, 6.07) is 3.06. The highest BCUT2D eigenvalue weighted by Gasteiger charge is 2.42. The first-order valence-corrected chi connectivity index (χ1v) is 6.27. The highest BCUT2D eigenvalue weighted by molar-refractivity contribution is 5.94. The van der Waals surface area contributed by atoms with Crippen LogP contribution in [0.15, 0.2) is 12.4 Å². The van der Waals surface area contributed by atoms with Gasteiger partial charge in [-0.15, -0.1) is 0 Å². The third-order valence-electron chi connectivity index (χ3n) is 3.63. The number of carbonyl (C=O) groups is 1. The molecule has 1 aliphatic rings. The maximum Gasteiger partial charge on any atom is 0.328 e. The zero-order valence-electron chi connectivity index (χ0n) is 11.9. The number of carbonyl (C=O) groups excluding carboxylic acids is 1. The van der Waals surface area contributed by atoms with Gasteiger partial charge in [-0.05, 0) is 20.8 Å². The van der Waals surface area contributed by atoms with Gasteiger partial charge >= 0.3 is 6.03 Å². The van der Waals surface area contributed by atoms with Gasteiger partial charge in [-0.2, -0.15) is 5.26 Å². The van der Waals surface area contributed by atoms with Gasteiger partial charge in [0.05, 0.1) is 23.2 Å². The van der Waals surface area contributed by atoms with Crippen LogP contribution < -0.4 is 4.90 Å². The fourth-order valence-electron chi connectivity index (χ4n) is 1.98. The predicted octanol–water partition coefficient (Wildman–Crippen LogP) is 0.856. The Hall–Kier alpha value is -2.20. The number of anilines is 1. The van der Waals surface area contributed by atoms with E-state index in [9.17, 15) is 9.90 Å². The maximum absolute atomic E-state index is 12.1. The van der Waals surface area contributed by atoms with Crippen LogP contribution in [0.3, 0.4) is 0 Å². The lowest BCUT2D eigenvalue weighted by Crippen LogP contribution is -2.36. The SMILES string of the molecule is CC1C(O)N(c2cc(C(C)(C)C#N)ncn2)C(=O)N1C. The molecule has 0 bridgehead atoms. The van der Waals surface area contributed by atoms with Crippen LogP contribution in [-0.2, 0) is 5.41 Å². The highest BCUT2D eigenvalue weighted by atomic mass is 16.3. The number of rotatable bonds is 2. The molecule has 7 heteroatoms. The first kappa shape index (κ1) is 14.2. The van der Waals surface area contributed by atoms with Crippen LogP contribution in [0.5, 0.6) is 0 Å². The third-order valence-corrected chi connectivity index (χ3v) is 3.63. The summed E-state index contributed by atoms with van der Waals surface area (Å²) in [7, 11) is 1.62. The minimum absolute atomic E-state index is 0.298. The van der Waals surface area contributed by atoms with E-state index in [4.69, 9.17) is 5.26 Å². The summed E-state index contributed by atoms with van der Waals surface area (Å²) in [5, 5.41) is 19.3. The molecule has 0 aliphatic carbocycles. The Morgan fingerprint density at radius 3 is 2.60 bits per heavy atom. The minimum atomic E-state index is -0.972. The van der Waals surface area contributed by atoms with Crippen molar-refractivity contribution in [3.05, 3.63) is 18.1 Å². The first-order valence-electron chi connectivity index (χ1n) is 6.27. The molecule has 2 heterocycles. The Morgan fingerprint density at radius 1 is 1.45 bits per heavy atom. The van der Waals surface area contributed by atoms with Crippen LogP contribution in [-0.4, -0.2) is 45.3 Å². The van der Waals surface area contributed by atoms with Crippen molar-refractivity contribution in [1.82, 2.24) is 14.9 Å². The molecule has 1 aromatic rings. The molecule has 1 saturated heterocycles.